The number of rotatable bonds is 7. The Balaban J connectivity index is 2.78. The van der Waals surface area contributed by atoms with Crippen LogP contribution in [0.15, 0.2) is 22.3 Å². The molecule has 1 atom stereocenters. The van der Waals surface area contributed by atoms with Crippen LogP contribution in [-0.4, -0.2) is 46.4 Å². The summed E-state index contributed by atoms with van der Waals surface area (Å²) in [5, 5.41) is 21.5. The van der Waals surface area contributed by atoms with E-state index in [0.717, 1.165) is 0 Å². The summed E-state index contributed by atoms with van der Waals surface area (Å²) in [6, 6.07) is 0. The largest absolute Gasteiger partial charge is 0.396 e. The average molecular weight is 323 g/mol. The van der Waals surface area contributed by atoms with Crippen LogP contribution in [0.3, 0.4) is 0 Å². The van der Waals surface area contributed by atoms with Crippen molar-refractivity contribution in [1.82, 2.24) is 5.32 Å². The molecule has 1 rings (SSSR count). The van der Waals surface area contributed by atoms with Gasteiger partial charge >= 0.3 is 0 Å². The SMILES string of the molecule is CC1=C(C)C(=O)C(CCC(C)(O)C(=O)NCCCO)=C(C)C1=O. The highest BCUT2D eigenvalue weighted by Crippen LogP contribution is 2.28. The molecule has 0 aromatic heterocycles. The van der Waals surface area contributed by atoms with Crippen LogP contribution in [-0.2, 0) is 14.4 Å². The Kier molecular flexibility index (Phi) is 6.41. The number of aliphatic hydroxyl groups excluding tert-OH is 1. The van der Waals surface area contributed by atoms with Crippen LogP contribution in [0.4, 0.5) is 0 Å². The summed E-state index contributed by atoms with van der Waals surface area (Å²) in [6.45, 7) is 6.44. The molecule has 128 valence electrons. The topological polar surface area (TPSA) is 104 Å². The number of amides is 1. The minimum atomic E-state index is -1.64. The number of allylic oxidation sites excluding steroid dienone is 4. The molecule has 1 unspecified atom stereocenters. The van der Waals surface area contributed by atoms with Crippen molar-refractivity contribution in [2.45, 2.75) is 52.6 Å². The van der Waals surface area contributed by atoms with Crippen LogP contribution >= 0.6 is 0 Å². The van der Waals surface area contributed by atoms with Crippen molar-refractivity contribution in [3.05, 3.63) is 22.3 Å². The minimum Gasteiger partial charge on any atom is -0.396 e. The maximum Gasteiger partial charge on any atom is 0.251 e. The maximum absolute atomic E-state index is 12.3. The fraction of sp³-hybridized carbons (Fsp3) is 0.588. The van der Waals surface area contributed by atoms with Gasteiger partial charge in [0.05, 0.1) is 0 Å². The lowest BCUT2D eigenvalue weighted by molar-refractivity contribution is -0.138. The van der Waals surface area contributed by atoms with Crippen molar-refractivity contribution >= 4 is 17.5 Å². The average Bonchev–Trinajstić information content (AvgIpc) is 2.51. The second kappa shape index (κ2) is 7.66. The molecule has 0 fully saturated rings. The molecule has 3 N–H and O–H groups in total. The van der Waals surface area contributed by atoms with E-state index in [0.29, 0.717) is 28.7 Å². The van der Waals surface area contributed by atoms with Crippen molar-refractivity contribution in [2.75, 3.05) is 13.2 Å². The van der Waals surface area contributed by atoms with Crippen molar-refractivity contribution in [2.24, 2.45) is 0 Å². The smallest absolute Gasteiger partial charge is 0.251 e. The van der Waals surface area contributed by atoms with Crippen molar-refractivity contribution in [1.29, 1.82) is 0 Å². The van der Waals surface area contributed by atoms with Gasteiger partial charge in [-0.1, -0.05) is 0 Å². The Labute approximate surface area is 136 Å². The number of aliphatic hydroxyl groups is 2. The van der Waals surface area contributed by atoms with Gasteiger partial charge < -0.3 is 15.5 Å². The second-order valence-corrected chi connectivity index (χ2v) is 6.12. The van der Waals surface area contributed by atoms with Crippen LogP contribution in [0.5, 0.6) is 0 Å². The van der Waals surface area contributed by atoms with Crippen molar-refractivity contribution < 1.29 is 24.6 Å². The van der Waals surface area contributed by atoms with Crippen LogP contribution in [0.25, 0.3) is 0 Å². The molecule has 1 amide bonds. The number of ketones is 2. The first-order valence-electron chi connectivity index (χ1n) is 7.71. The Bertz CT molecular complexity index is 584. The third-order valence-corrected chi connectivity index (χ3v) is 4.28. The standard InChI is InChI=1S/C17H25NO5/c1-10-11(2)15(21)13(12(3)14(10)20)6-7-17(4,23)16(22)18-8-5-9-19/h19,23H,5-9H2,1-4H3,(H,18,22). The van der Waals surface area contributed by atoms with E-state index in [-0.39, 0.29) is 37.6 Å². The van der Waals surface area contributed by atoms with Gasteiger partial charge in [0.15, 0.2) is 11.6 Å². The fourth-order valence-corrected chi connectivity index (χ4v) is 2.41. The van der Waals surface area contributed by atoms with Gasteiger partial charge in [-0.2, -0.15) is 0 Å². The Morgan fingerprint density at radius 3 is 2.22 bits per heavy atom. The molecule has 0 aromatic carbocycles. The number of nitrogens with one attached hydrogen (secondary N) is 1. The van der Waals surface area contributed by atoms with Gasteiger partial charge in [0, 0.05) is 35.4 Å². The van der Waals surface area contributed by atoms with Gasteiger partial charge in [0.2, 0.25) is 0 Å². The third kappa shape index (κ3) is 4.36. The van der Waals surface area contributed by atoms with E-state index >= 15 is 0 Å². The zero-order chi connectivity index (χ0) is 17.8. The van der Waals surface area contributed by atoms with Gasteiger partial charge in [-0.25, -0.2) is 0 Å². The van der Waals surface area contributed by atoms with Crippen LogP contribution < -0.4 is 5.32 Å². The summed E-state index contributed by atoms with van der Waals surface area (Å²) >= 11 is 0. The summed E-state index contributed by atoms with van der Waals surface area (Å²) in [7, 11) is 0. The molecule has 23 heavy (non-hydrogen) atoms. The van der Waals surface area contributed by atoms with Crippen molar-refractivity contribution in [3.8, 4) is 0 Å². The van der Waals surface area contributed by atoms with Gasteiger partial charge in [0.25, 0.3) is 5.91 Å². The molecule has 0 aliphatic heterocycles. The normalized spacial score (nSPS) is 18.3. The van der Waals surface area contributed by atoms with Gasteiger partial charge in [-0.3, -0.25) is 14.4 Å². The molecular formula is C17H25NO5. The molecule has 1 aliphatic rings. The number of carbonyl (C=O) groups excluding carboxylic acids is 3. The number of carbonyl (C=O) groups is 3. The van der Waals surface area contributed by atoms with E-state index in [1.807, 2.05) is 0 Å². The quantitative estimate of drug-likeness (QED) is 0.475. The molecule has 0 spiro atoms. The molecule has 1 aliphatic carbocycles. The van der Waals surface area contributed by atoms with Crippen LogP contribution in [0, 0.1) is 0 Å². The summed E-state index contributed by atoms with van der Waals surface area (Å²) in [5.41, 5.74) is -0.0283. The number of hydrogen-bond acceptors (Lipinski definition) is 5. The predicted molar refractivity (Wildman–Crippen MR) is 85.7 cm³/mol. The van der Waals surface area contributed by atoms with Crippen LogP contribution in [0.2, 0.25) is 0 Å². The van der Waals surface area contributed by atoms with Gasteiger partial charge in [0.1, 0.15) is 5.60 Å². The molecule has 0 bridgehead atoms. The Morgan fingerprint density at radius 2 is 1.65 bits per heavy atom. The molecule has 0 radical (unpaired) electrons. The lowest BCUT2D eigenvalue weighted by atomic mass is 9.82. The van der Waals surface area contributed by atoms with E-state index in [2.05, 4.69) is 5.32 Å². The monoisotopic (exact) mass is 323 g/mol. The number of hydrogen-bond donors (Lipinski definition) is 3. The van der Waals surface area contributed by atoms with E-state index in [4.69, 9.17) is 5.11 Å². The highest BCUT2D eigenvalue weighted by molar-refractivity contribution is 6.24. The van der Waals surface area contributed by atoms with E-state index in [9.17, 15) is 19.5 Å². The first-order valence-corrected chi connectivity index (χ1v) is 7.71. The van der Waals surface area contributed by atoms with Gasteiger partial charge in [-0.15, -0.1) is 0 Å². The van der Waals surface area contributed by atoms with E-state index in [1.54, 1.807) is 20.8 Å². The first-order chi connectivity index (χ1) is 10.6. The first kappa shape index (κ1) is 19.3. The summed E-state index contributed by atoms with van der Waals surface area (Å²) in [6.07, 6.45) is 0.597. The third-order valence-electron chi connectivity index (χ3n) is 4.28. The lowest BCUT2D eigenvalue weighted by Gasteiger charge is -2.24. The van der Waals surface area contributed by atoms with Gasteiger partial charge in [-0.05, 0) is 47.0 Å². The van der Waals surface area contributed by atoms with Crippen LogP contribution in [0.1, 0.15) is 47.0 Å². The summed E-state index contributed by atoms with van der Waals surface area (Å²) < 4.78 is 0. The Hall–Kier alpha value is -1.79. The highest BCUT2D eigenvalue weighted by Gasteiger charge is 2.33. The maximum atomic E-state index is 12.3. The zero-order valence-corrected chi connectivity index (χ0v) is 14.2. The molecule has 6 nitrogen and oxygen atoms in total. The lowest BCUT2D eigenvalue weighted by Crippen LogP contribution is -2.45. The Morgan fingerprint density at radius 1 is 1.09 bits per heavy atom. The molecule has 6 heteroatoms. The van der Waals surface area contributed by atoms with E-state index in [1.165, 1.54) is 6.92 Å². The summed E-state index contributed by atoms with van der Waals surface area (Å²) in [4.78, 5) is 36.3. The molecule has 0 saturated carbocycles. The van der Waals surface area contributed by atoms with E-state index < -0.39 is 11.5 Å². The second-order valence-electron chi connectivity index (χ2n) is 6.12. The minimum absolute atomic E-state index is 0.0377. The fourth-order valence-electron chi connectivity index (χ4n) is 2.41. The molecule has 0 saturated heterocycles. The molecular weight excluding hydrogens is 298 g/mol. The van der Waals surface area contributed by atoms with Crippen molar-refractivity contribution in [3.63, 3.8) is 0 Å². The molecule has 0 aromatic rings. The summed E-state index contributed by atoms with van der Waals surface area (Å²) in [5.74, 6) is -0.914. The molecule has 0 heterocycles. The number of Topliss-reactive ketones (excluding diaryl/α,β-unsaturated/α-hetero) is 2. The highest BCUT2D eigenvalue weighted by atomic mass is 16.3. The predicted octanol–water partition coefficient (Wildman–Crippen LogP) is 0.821. The zero-order valence-electron chi connectivity index (χ0n) is 14.2.